The lowest BCUT2D eigenvalue weighted by molar-refractivity contribution is -0.137. The summed E-state index contributed by atoms with van der Waals surface area (Å²) in [6.45, 7) is 4.11. The number of amides is 2. The summed E-state index contributed by atoms with van der Waals surface area (Å²) in [4.78, 5) is 23.7. The van der Waals surface area contributed by atoms with Gasteiger partial charge in [0.15, 0.2) is 0 Å². The quantitative estimate of drug-likeness (QED) is 0.788. The minimum atomic E-state index is -1.03. The molecule has 1 rings (SSSR count). The zero-order valence-corrected chi connectivity index (χ0v) is 10.4. The molecule has 0 spiro atoms. The first-order chi connectivity index (χ1) is 8.49. The van der Waals surface area contributed by atoms with Crippen molar-refractivity contribution in [2.45, 2.75) is 20.4 Å². The van der Waals surface area contributed by atoms with Gasteiger partial charge in [0.1, 0.15) is 18.5 Å². The zero-order chi connectivity index (χ0) is 13.5. The van der Waals surface area contributed by atoms with Crippen molar-refractivity contribution >= 4 is 12.0 Å². The summed E-state index contributed by atoms with van der Waals surface area (Å²) in [6, 6.07) is 1.21. The Bertz CT molecular complexity index is 389. The third-order valence-corrected chi connectivity index (χ3v) is 2.11. The molecular weight excluding hydrogens is 238 g/mol. The Kier molecular flexibility index (Phi) is 5.16. The maximum Gasteiger partial charge on any atom is 0.323 e. The van der Waals surface area contributed by atoms with Gasteiger partial charge in [-0.3, -0.25) is 4.79 Å². The van der Waals surface area contributed by atoms with Crippen LogP contribution in [-0.4, -0.2) is 40.3 Å². The van der Waals surface area contributed by atoms with E-state index >= 15 is 0 Å². The monoisotopic (exact) mass is 255 g/mol. The predicted molar refractivity (Wildman–Crippen MR) is 62.8 cm³/mol. The Morgan fingerprint density at radius 1 is 1.56 bits per heavy atom. The predicted octanol–water partition coefficient (Wildman–Crippen LogP) is 0.927. The molecule has 1 heterocycles. The molecule has 0 fully saturated rings. The van der Waals surface area contributed by atoms with Crippen LogP contribution in [0.2, 0.25) is 0 Å². The number of hydrogen-bond acceptors (Lipinski definition) is 4. The van der Waals surface area contributed by atoms with Gasteiger partial charge in [-0.05, 0) is 5.92 Å². The first-order valence-electron chi connectivity index (χ1n) is 5.63. The van der Waals surface area contributed by atoms with Crippen LogP contribution < -0.4 is 5.32 Å². The van der Waals surface area contributed by atoms with E-state index < -0.39 is 12.0 Å². The van der Waals surface area contributed by atoms with Gasteiger partial charge in [0.05, 0.1) is 6.54 Å². The standard InChI is InChI=1S/C11H17N3O4/c1-8(2)6-14(7-10(15)16)11(17)12-5-9-3-4-18-13-9/h3-4,8H,5-7H2,1-2H3,(H,12,17)(H,15,16). The van der Waals surface area contributed by atoms with Crippen LogP contribution in [0, 0.1) is 5.92 Å². The summed E-state index contributed by atoms with van der Waals surface area (Å²) in [5.41, 5.74) is 0.586. The second kappa shape index (κ2) is 6.63. The van der Waals surface area contributed by atoms with Gasteiger partial charge in [-0.1, -0.05) is 19.0 Å². The number of carboxylic acids is 1. The molecule has 0 radical (unpaired) electrons. The fraction of sp³-hybridized carbons (Fsp3) is 0.545. The summed E-state index contributed by atoms with van der Waals surface area (Å²) in [6.07, 6.45) is 1.41. The minimum Gasteiger partial charge on any atom is -0.480 e. The van der Waals surface area contributed by atoms with E-state index in [1.54, 1.807) is 6.07 Å². The summed E-state index contributed by atoms with van der Waals surface area (Å²) in [5, 5.41) is 15.0. The highest BCUT2D eigenvalue weighted by Gasteiger charge is 2.17. The van der Waals surface area contributed by atoms with Crippen molar-refractivity contribution < 1.29 is 19.2 Å². The van der Waals surface area contributed by atoms with Crippen molar-refractivity contribution in [2.75, 3.05) is 13.1 Å². The number of nitrogens with zero attached hydrogens (tertiary/aromatic N) is 2. The maximum atomic E-state index is 11.8. The smallest absolute Gasteiger partial charge is 0.323 e. The molecule has 0 saturated carbocycles. The Labute approximate surface area is 105 Å². The number of nitrogens with one attached hydrogen (secondary N) is 1. The highest BCUT2D eigenvalue weighted by molar-refractivity contribution is 5.80. The van der Waals surface area contributed by atoms with E-state index in [9.17, 15) is 9.59 Å². The van der Waals surface area contributed by atoms with Gasteiger partial charge >= 0.3 is 12.0 Å². The van der Waals surface area contributed by atoms with Crippen molar-refractivity contribution in [3.05, 3.63) is 18.0 Å². The van der Waals surface area contributed by atoms with Gasteiger partial charge in [0.2, 0.25) is 0 Å². The number of urea groups is 1. The van der Waals surface area contributed by atoms with Crippen LogP contribution in [0.15, 0.2) is 16.9 Å². The lowest BCUT2D eigenvalue weighted by atomic mass is 10.2. The number of hydrogen-bond donors (Lipinski definition) is 2. The van der Waals surface area contributed by atoms with Crippen molar-refractivity contribution in [3.8, 4) is 0 Å². The van der Waals surface area contributed by atoms with Gasteiger partial charge < -0.3 is 19.8 Å². The van der Waals surface area contributed by atoms with Crippen LogP contribution in [0.4, 0.5) is 4.79 Å². The first kappa shape index (κ1) is 14.0. The largest absolute Gasteiger partial charge is 0.480 e. The summed E-state index contributed by atoms with van der Waals surface area (Å²) in [5.74, 6) is -0.839. The normalized spacial score (nSPS) is 10.4. The molecule has 7 heteroatoms. The van der Waals surface area contributed by atoms with Crippen LogP contribution in [0.3, 0.4) is 0 Å². The topological polar surface area (TPSA) is 95.7 Å². The lowest BCUT2D eigenvalue weighted by Crippen LogP contribution is -2.44. The van der Waals surface area contributed by atoms with Crippen LogP contribution in [0.5, 0.6) is 0 Å². The van der Waals surface area contributed by atoms with Crippen LogP contribution >= 0.6 is 0 Å². The van der Waals surface area contributed by atoms with E-state index in [0.29, 0.717) is 12.2 Å². The average Bonchev–Trinajstić information content (AvgIpc) is 2.76. The van der Waals surface area contributed by atoms with Gasteiger partial charge in [0, 0.05) is 12.6 Å². The van der Waals surface area contributed by atoms with E-state index in [0.717, 1.165) is 0 Å². The molecule has 0 aliphatic heterocycles. The Morgan fingerprint density at radius 3 is 2.78 bits per heavy atom. The van der Waals surface area contributed by atoms with Crippen molar-refractivity contribution in [2.24, 2.45) is 5.92 Å². The van der Waals surface area contributed by atoms with E-state index in [4.69, 9.17) is 5.11 Å². The number of carbonyl (C=O) groups excluding carboxylic acids is 1. The summed E-state index contributed by atoms with van der Waals surface area (Å²) >= 11 is 0. The van der Waals surface area contributed by atoms with Crippen LogP contribution in [0.1, 0.15) is 19.5 Å². The van der Waals surface area contributed by atoms with Crippen molar-refractivity contribution in [1.29, 1.82) is 0 Å². The van der Waals surface area contributed by atoms with Gasteiger partial charge in [-0.15, -0.1) is 0 Å². The fourth-order valence-corrected chi connectivity index (χ4v) is 1.43. The molecule has 0 aliphatic rings. The molecule has 0 saturated heterocycles. The number of aliphatic carboxylic acids is 1. The average molecular weight is 255 g/mol. The SMILES string of the molecule is CC(C)CN(CC(=O)O)C(=O)NCc1ccon1. The molecule has 0 atom stereocenters. The Balaban J connectivity index is 2.50. The molecule has 1 aromatic rings. The summed E-state index contributed by atoms with van der Waals surface area (Å²) < 4.78 is 4.63. The Hall–Kier alpha value is -2.05. The first-order valence-corrected chi connectivity index (χ1v) is 5.63. The molecule has 2 N–H and O–H groups in total. The van der Waals surface area contributed by atoms with E-state index in [1.807, 2.05) is 13.8 Å². The number of rotatable bonds is 6. The van der Waals surface area contributed by atoms with E-state index in [2.05, 4.69) is 15.0 Å². The minimum absolute atomic E-state index is 0.196. The third-order valence-electron chi connectivity index (χ3n) is 2.11. The molecule has 0 bridgehead atoms. The van der Waals surface area contributed by atoms with Crippen molar-refractivity contribution in [3.63, 3.8) is 0 Å². The van der Waals surface area contributed by atoms with Crippen LogP contribution in [-0.2, 0) is 11.3 Å². The van der Waals surface area contributed by atoms with E-state index in [1.165, 1.54) is 11.2 Å². The second-order valence-corrected chi connectivity index (χ2v) is 4.32. The van der Waals surface area contributed by atoms with Gasteiger partial charge in [0.25, 0.3) is 0 Å². The highest BCUT2D eigenvalue weighted by Crippen LogP contribution is 2.00. The molecule has 0 aliphatic carbocycles. The maximum absolute atomic E-state index is 11.8. The third kappa shape index (κ3) is 4.86. The van der Waals surface area contributed by atoms with Gasteiger partial charge in [-0.25, -0.2) is 4.79 Å². The highest BCUT2D eigenvalue weighted by atomic mass is 16.5. The molecule has 2 amide bonds. The molecule has 100 valence electrons. The molecule has 0 aromatic carbocycles. The number of aromatic nitrogens is 1. The number of carbonyl (C=O) groups is 2. The lowest BCUT2D eigenvalue weighted by Gasteiger charge is -2.22. The number of carboxylic acid groups (broad SMARTS) is 1. The summed E-state index contributed by atoms with van der Waals surface area (Å²) in [7, 11) is 0. The van der Waals surface area contributed by atoms with Crippen LogP contribution in [0.25, 0.3) is 0 Å². The molecule has 18 heavy (non-hydrogen) atoms. The van der Waals surface area contributed by atoms with Gasteiger partial charge in [-0.2, -0.15) is 0 Å². The molecule has 0 unspecified atom stereocenters. The molecule has 7 nitrogen and oxygen atoms in total. The second-order valence-electron chi connectivity index (χ2n) is 4.32. The van der Waals surface area contributed by atoms with E-state index in [-0.39, 0.29) is 19.0 Å². The Morgan fingerprint density at radius 2 is 2.28 bits per heavy atom. The van der Waals surface area contributed by atoms with Crippen molar-refractivity contribution in [1.82, 2.24) is 15.4 Å². The molecular formula is C11H17N3O4. The fourth-order valence-electron chi connectivity index (χ4n) is 1.43. The molecule has 1 aromatic heterocycles. The zero-order valence-electron chi connectivity index (χ0n) is 10.4.